The molecule has 2 aromatic heterocycles. The molecule has 2 aliphatic carbocycles. The topological polar surface area (TPSA) is 85.9 Å². The molecule has 2 N–H and O–H groups in total. The van der Waals surface area contributed by atoms with E-state index in [1.54, 1.807) is 24.3 Å². The lowest BCUT2D eigenvalue weighted by Crippen LogP contribution is -2.07. The van der Waals surface area contributed by atoms with Crippen molar-refractivity contribution >= 4 is 52.1 Å². The highest BCUT2D eigenvalue weighted by Crippen LogP contribution is 2.28. The zero-order valence-corrected chi connectivity index (χ0v) is 21.3. The number of halogens is 3. The Hall–Kier alpha value is -3.25. The van der Waals surface area contributed by atoms with Gasteiger partial charge in [-0.2, -0.15) is 0 Å². The van der Waals surface area contributed by atoms with Crippen LogP contribution in [-0.2, 0) is 25.7 Å². The number of hydrogen-bond acceptors (Lipinski definition) is 5. The molecule has 0 unspecified atom stereocenters. The second kappa shape index (κ2) is 10.0. The Balaban J connectivity index is 0.000000148. The normalized spacial score (nSPS) is 13.8. The molecule has 2 aliphatic rings. The molecule has 0 saturated heterocycles. The number of aryl methyl sites for hydroxylation is 4. The number of benzene rings is 2. The van der Waals surface area contributed by atoms with Gasteiger partial charge in [0.15, 0.2) is 0 Å². The predicted octanol–water partition coefficient (Wildman–Crippen LogP) is 6.36. The number of nitrogen functional groups attached to an aromatic ring is 1. The molecule has 0 amide bonds. The van der Waals surface area contributed by atoms with Gasteiger partial charge in [-0.15, -0.1) is 0 Å². The van der Waals surface area contributed by atoms with Crippen LogP contribution in [0.15, 0.2) is 60.9 Å². The minimum atomic E-state index is -0.0502. The van der Waals surface area contributed by atoms with Crippen LogP contribution in [0, 0.1) is 0 Å². The Bertz CT molecular complexity index is 1310. The maximum absolute atomic E-state index is 12.4. The molecule has 2 heterocycles. The fourth-order valence-corrected chi connectivity index (χ4v) is 5.15. The van der Waals surface area contributed by atoms with Gasteiger partial charge in [0.25, 0.3) is 0 Å². The molecular weight excluding hydrogens is 517 g/mol. The van der Waals surface area contributed by atoms with Crippen molar-refractivity contribution in [3.63, 3.8) is 0 Å². The number of anilines is 1. The van der Waals surface area contributed by atoms with Crippen LogP contribution in [0.1, 0.15) is 54.4 Å². The van der Waals surface area contributed by atoms with E-state index >= 15 is 0 Å². The molecule has 8 heteroatoms. The van der Waals surface area contributed by atoms with Gasteiger partial charge in [-0.1, -0.05) is 34.8 Å². The summed E-state index contributed by atoms with van der Waals surface area (Å²) >= 11 is 17.9. The van der Waals surface area contributed by atoms with Crippen molar-refractivity contribution in [1.82, 2.24) is 9.97 Å². The molecule has 0 aliphatic heterocycles. The number of rotatable bonds is 0. The number of nitrogens with two attached hydrogens (primary N) is 1. The molecule has 180 valence electrons. The Kier molecular flexibility index (Phi) is 6.80. The fourth-order valence-electron chi connectivity index (χ4n) is 4.58. The second-order valence-corrected chi connectivity index (χ2v) is 10.0. The summed E-state index contributed by atoms with van der Waals surface area (Å²) in [4.78, 5) is 33.1. The summed E-state index contributed by atoms with van der Waals surface area (Å²) in [7, 11) is 0. The van der Waals surface area contributed by atoms with Gasteiger partial charge < -0.3 is 5.73 Å². The molecule has 0 bridgehead atoms. The number of carbonyl (C=O) groups excluding carboxylic acids is 2. The summed E-state index contributed by atoms with van der Waals surface area (Å²) in [6.45, 7) is 0. The van der Waals surface area contributed by atoms with Gasteiger partial charge in [0, 0.05) is 27.4 Å². The summed E-state index contributed by atoms with van der Waals surface area (Å²) in [6.07, 6.45) is 6.10. The summed E-state index contributed by atoms with van der Waals surface area (Å²) < 4.78 is 0. The number of aromatic nitrogens is 2. The van der Waals surface area contributed by atoms with E-state index in [9.17, 15) is 9.59 Å². The Morgan fingerprint density at radius 1 is 0.583 bits per heavy atom. The molecule has 2 aromatic carbocycles. The van der Waals surface area contributed by atoms with Crippen LogP contribution in [0.3, 0.4) is 0 Å². The lowest BCUT2D eigenvalue weighted by molar-refractivity contribution is 0.102. The number of carbonyl (C=O) groups is 2. The third-order valence-electron chi connectivity index (χ3n) is 6.30. The summed E-state index contributed by atoms with van der Waals surface area (Å²) in [6, 6.07) is 14.4. The largest absolute Gasteiger partial charge is 0.397 e. The molecule has 0 spiro atoms. The standard InChI is InChI=1S/C14H9Cl2NO.C14H11ClN2O/c2*15-10-3-4-12-8(5-10)1-2-9-6-11(16)7-17-13(9)14(12)18/h3-7H,1-2H2;3-7H,1-2,16H2. The van der Waals surface area contributed by atoms with E-state index in [1.165, 1.54) is 12.4 Å². The SMILES string of the molecule is Nc1cnc2c(c1)CCc1cc(Cl)ccc1C2=O.O=C1c2ccc(Cl)cc2CCc2cc(Cl)cnc21. The first-order valence-electron chi connectivity index (χ1n) is 11.3. The summed E-state index contributed by atoms with van der Waals surface area (Å²) in [5, 5.41) is 1.86. The van der Waals surface area contributed by atoms with Gasteiger partial charge in [-0.25, -0.2) is 0 Å². The highest BCUT2D eigenvalue weighted by atomic mass is 35.5. The van der Waals surface area contributed by atoms with Crippen molar-refractivity contribution < 1.29 is 9.59 Å². The van der Waals surface area contributed by atoms with Crippen molar-refractivity contribution in [2.24, 2.45) is 0 Å². The van der Waals surface area contributed by atoms with Crippen molar-refractivity contribution in [1.29, 1.82) is 0 Å². The monoisotopic (exact) mass is 535 g/mol. The van der Waals surface area contributed by atoms with Crippen LogP contribution < -0.4 is 5.73 Å². The first-order valence-corrected chi connectivity index (χ1v) is 12.5. The average molecular weight is 537 g/mol. The van der Waals surface area contributed by atoms with Gasteiger partial charge in [-0.05, 0) is 96.5 Å². The molecule has 4 aromatic rings. The van der Waals surface area contributed by atoms with Gasteiger partial charge in [0.2, 0.25) is 11.6 Å². The van der Waals surface area contributed by atoms with E-state index in [-0.39, 0.29) is 11.6 Å². The van der Waals surface area contributed by atoms with Crippen LogP contribution in [0.4, 0.5) is 5.69 Å². The van der Waals surface area contributed by atoms with Gasteiger partial charge in [0.05, 0.1) is 16.9 Å². The van der Waals surface area contributed by atoms with Crippen molar-refractivity contribution in [2.75, 3.05) is 5.73 Å². The quantitative estimate of drug-likeness (QED) is 0.282. The Morgan fingerprint density at radius 2 is 1.03 bits per heavy atom. The van der Waals surface area contributed by atoms with E-state index in [1.807, 2.05) is 24.3 Å². The molecule has 0 radical (unpaired) electrons. The third-order valence-corrected chi connectivity index (χ3v) is 6.98. The molecule has 5 nitrogen and oxygen atoms in total. The first kappa shape index (κ1) is 24.4. The zero-order valence-electron chi connectivity index (χ0n) is 19.0. The Labute approximate surface area is 223 Å². The van der Waals surface area contributed by atoms with Gasteiger partial charge >= 0.3 is 0 Å². The van der Waals surface area contributed by atoms with E-state index < -0.39 is 0 Å². The summed E-state index contributed by atoms with van der Waals surface area (Å²) in [5.41, 5.74) is 12.4. The van der Waals surface area contributed by atoms with E-state index in [2.05, 4.69) is 9.97 Å². The lowest BCUT2D eigenvalue weighted by Gasteiger charge is -2.04. The Morgan fingerprint density at radius 3 is 1.58 bits per heavy atom. The van der Waals surface area contributed by atoms with Crippen LogP contribution in [0.5, 0.6) is 0 Å². The second-order valence-electron chi connectivity index (χ2n) is 8.70. The average Bonchev–Trinajstić information content (AvgIpc) is 3.07. The van der Waals surface area contributed by atoms with Gasteiger partial charge in [-0.3, -0.25) is 19.6 Å². The van der Waals surface area contributed by atoms with Crippen LogP contribution >= 0.6 is 34.8 Å². The molecule has 0 saturated carbocycles. The van der Waals surface area contributed by atoms with Crippen LogP contribution in [0.25, 0.3) is 0 Å². The fraction of sp³-hybridized carbons (Fsp3) is 0.143. The smallest absolute Gasteiger partial charge is 0.211 e. The lowest BCUT2D eigenvalue weighted by atomic mass is 10.0. The molecule has 6 rings (SSSR count). The zero-order chi connectivity index (χ0) is 25.4. The first-order chi connectivity index (χ1) is 17.3. The highest BCUT2D eigenvalue weighted by molar-refractivity contribution is 6.31. The van der Waals surface area contributed by atoms with E-state index in [0.717, 1.165) is 47.9 Å². The molecule has 36 heavy (non-hydrogen) atoms. The molecular formula is C28H20Cl3N3O2. The number of hydrogen-bond donors (Lipinski definition) is 1. The highest BCUT2D eigenvalue weighted by Gasteiger charge is 2.23. The number of pyridine rings is 2. The maximum Gasteiger partial charge on any atom is 0.211 e. The van der Waals surface area contributed by atoms with Crippen LogP contribution in [-0.4, -0.2) is 21.5 Å². The predicted molar refractivity (Wildman–Crippen MR) is 142 cm³/mol. The maximum atomic E-state index is 12.4. The minimum absolute atomic E-state index is 0.0471. The van der Waals surface area contributed by atoms with E-state index in [4.69, 9.17) is 40.5 Å². The van der Waals surface area contributed by atoms with E-state index in [0.29, 0.717) is 43.3 Å². The van der Waals surface area contributed by atoms with Gasteiger partial charge in [0.1, 0.15) is 11.4 Å². The number of fused-ring (bicyclic) bond motifs is 4. The minimum Gasteiger partial charge on any atom is -0.397 e. The number of ketones is 2. The number of nitrogens with zero attached hydrogens (tertiary/aromatic N) is 2. The molecule has 0 fully saturated rings. The third kappa shape index (κ3) is 4.87. The van der Waals surface area contributed by atoms with Crippen molar-refractivity contribution in [2.45, 2.75) is 25.7 Å². The van der Waals surface area contributed by atoms with Crippen molar-refractivity contribution in [3.8, 4) is 0 Å². The molecule has 0 atom stereocenters. The van der Waals surface area contributed by atoms with Crippen molar-refractivity contribution in [3.05, 3.63) is 121 Å². The van der Waals surface area contributed by atoms with Crippen LogP contribution in [0.2, 0.25) is 15.1 Å². The summed E-state index contributed by atoms with van der Waals surface area (Å²) in [5.74, 6) is -0.0972.